The monoisotopic (exact) mass is 274 g/mol. The van der Waals surface area contributed by atoms with E-state index in [4.69, 9.17) is 5.26 Å². The highest BCUT2D eigenvalue weighted by Gasteiger charge is 2.79. The van der Waals surface area contributed by atoms with Crippen LogP contribution in [-0.4, -0.2) is 40.8 Å². The van der Waals surface area contributed by atoms with Gasteiger partial charge in [0.15, 0.2) is 6.04 Å². The van der Waals surface area contributed by atoms with Gasteiger partial charge in [-0.2, -0.15) is 27.2 Å². The fraction of sp³-hybridized carbons (Fsp3) is 0.900. The van der Waals surface area contributed by atoms with Gasteiger partial charge >= 0.3 is 12.1 Å². The number of rotatable bonds is 0. The second-order valence-electron chi connectivity index (χ2n) is 5.25. The summed E-state index contributed by atoms with van der Waals surface area (Å²) in [7, 11) is 0. The molecule has 0 aromatic heterocycles. The van der Waals surface area contributed by atoms with Gasteiger partial charge in [0.1, 0.15) is 0 Å². The van der Waals surface area contributed by atoms with Gasteiger partial charge in [0, 0.05) is 12.1 Å². The third-order valence-electron chi connectivity index (χ3n) is 3.00. The van der Waals surface area contributed by atoms with Crippen LogP contribution in [-0.2, 0) is 0 Å². The molecule has 0 N–H and O–H groups in total. The number of halogens is 6. The average molecular weight is 274 g/mol. The molecule has 0 bridgehead atoms. The van der Waals surface area contributed by atoms with E-state index in [1.165, 1.54) is 20.8 Å². The fourth-order valence-electron chi connectivity index (χ4n) is 1.90. The molecule has 0 amide bonds. The lowest BCUT2D eigenvalue weighted by Crippen LogP contribution is -2.56. The summed E-state index contributed by atoms with van der Waals surface area (Å²) < 4.78 is 78.5. The highest BCUT2D eigenvalue weighted by atomic mass is 19.4. The second kappa shape index (κ2) is 3.76. The Hall–Kier alpha value is -0.970. The first-order chi connectivity index (χ1) is 7.79. The summed E-state index contributed by atoms with van der Waals surface area (Å²) in [5, 5.41) is 8.63. The van der Waals surface area contributed by atoms with Crippen LogP contribution in [0.4, 0.5) is 26.3 Å². The fourth-order valence-corrected chi connectivity index (χ4v) is 1.90. The van der Waals surface area contributed by atoms with Crippen molar-refractivity contribution in [2.24, 2.45) is 0 Å². The predicted molar refractivity (Wildman–Crippen MR) is 50.7 cm³/mol. The van der Waals surface area contributed by atoms with Gasteiger partial charge in [-0.3, -0.25) is 4.90 Å². The first kappa shape index (κ1) is 15.1. The van der Waals surface area contributed by atoms with Crippen LogP contribution in [0.15, 0.2) is 0 Å². The molecule has 0 aromatic carbocycles. The maximum Gasteiger partial charge on any atom is 0.429 e. The molecule has 2 unspecified atom stereocenters. The van der Waals surface area contributed by atoms with Crippen LogP contribution in [0.3, 0.4) is 0 Å². The van der Waals surface area contributed by atoms with E-state index in [1.54, 1.807) is 0 Å². The number of nitriles is 1. The van der Waals surface area contributed by atoms with E-state index >= 15 is 0 Å². The lowest BCUT2D eigenvalue weighted by atomic mass is 9.97. The van der Waals surface area contributed by atoms with E-state index in [0.717, 1.165) is 6.07 Å². The zero-order valence-electron chi connectivity index (χ0n) is 9.95. The van der Waals surface area contributed by atoms with Crippen molar-refractivity contribution in [3.63, 3.8) is 0 Å². The summed E-state index contributed by atoms with van der Waals surface area (Å²) in [6.07, 6.45) is -5.73. The Morgan fingerprint density at radius 2 is 1.61 bits per heavy atom. The standard InChI is InChI=1S/C10H12F6N2/c1-7(2,3)18-5-8(11,10(14,15)16)9(12,13)6(18)4-17/h6H,5H2,1-3H3. The largest absolute Gasteiger partial charge is 0.429 e. The zero-order valence-corrected chi connectivity index (χ0v) is 9.95. The Labute approximate surface area is 100 Å². The lowest BCUT2D eigenvalue weighted by Gasteiger charge is -2.33. The van der Waals surface area contributed by atoms with Crippen molar-refractivity contribution < 1.29 is 26.3 Å². The number of alkyl halides is 6. The molecule has 18 heavy (non-hydrogen) atoms. The SMILES string of the molecule is CC(C)(C)N1CC(F)(C(F)(F)F)C(F)(F)C1C#N. The summed E-state index contributed by atoms with van der Waals surface area (Å²) >= 11 is 0. The van der Waals surface area contributed by atoms with Crippen LogP contribution >= 0.6 is 0 Å². The van der Waals surface area contributed by atoms with Crippen molar-refractivity contribution in [1.82, 2.24) is 4.90 Å². The number of likely N-dealkylation sites (tertiary alicyclic amines) is 1. The summed E-state index contributed by atoms with van der Waals surface area (Å²) in [6, 6.07) is -1.37. The van der Waals surface area contributed by atoms with Crippen molar-refractivity contribution in [3.8, 4) is 6.07 Å². The molecule has 0 spiro atoms. The van der Waals surface area contributed by atoms with E-state index in [-0.39, 0.29) is 0 Å². The molecular weight excluding hydrogens is 262 g/mol. The minimum absolute atomic E-state index is 0.542. The van der Waals surface area contributed by atoms with Gasteiger partial charge in [-0.1, -0.05) is 0 Å². The first-order valence-electron chi connectivity index (χ1n) is 5.09. The smallest absolute Gasteiger partial charge is 0.274 e. The molecule has 1 aliphatic rings. The predicted octanol–water partition coefficient (Wildman–Crippen LogP) is 2.90. The molecule has 1 rings (SSSR count). The molecule has 0 saturated carbocycles. The molecule has 1 aliphatic heterocycles. The zero-order chi connectivity index (χ0) is 14.6. The topological polar surface area (TPSA) is 27.0 Å². The Balaban J connectivity index is 3.35. The summed E-state index contributed by atoms with van der Waals surface area (Å²) in [6.45, 7) is 2.48. The Bertz CT molecular complexity index is 377. The van der Waals surface area contributed by atoms with Crippen LogP contribution in [0, 0.1) is 11.3 Å². The van der Waals surface area contributed by atoms with Crippen LogP contribution < -0.4 is 0 Å². The van der Waals surface area contributed by atoms with Gasteiger partial charge in [-0.15, -0.1) is 0 Å². The van der Waals surface area contributed by atoms with Crippen LogP contribution in [0.25, 0.3) is 0 Å². The molecule has 8 heteroatoms. The van der Waals surface area contributed by atoms with E-state index in [2.05, 4.69) is 0 Å². The minimum Gasteiger partial charge on any atom is -0.274 e. The van der Waals surface area contributed by atoms with Crippen molar-refractivity contribution in [2.75, 3.05) is 6.54 Å². The minimum atomic E-state index is -5.73. The number of nitrogens with zero attached hydrogens (tertiary/aromatic N) is 2. The van der Waals surface area contributed by atoms with Gasteiger partial charge in [-0.05, 0) is 20.8 Å². The lowest BCUT2D eigenvalue weighted by molar-refractivity contribution is -0.285. The third-order valence-corrected chi connectivity index (χ3v) is 3.00. The summed E-state index contributed by atoms with van der Waals surface area (Å²) in [4.78, 5) is 0.542. The normalized spacial score (nSPS) is 33.4. The number of hydrogen-bond donors (Lipinski definition) is 0. The van der Waals surface area contributed by atoms with Crippen molar-refractivity contribution in [1.29, 1.82) is 5.26 Å². The Morgan fingerprint density at radius 3 is 1.83 bits per heavy atom. The molecule has 2 atom stereocenters. The van der Waals surface area contributed by atoms with Crippen LogP contribution in [0.5, 0.6) is 0 Å². The molecule has 104 valence electrons. The van der Waals surface area contributed by atoms with Gasteiger partial charge in [0.25, 0.3) is 5.67 Å². The number of hydrogen-bond acceptors (Lipinski definition) is 2. The van der Waals surface area contributed by atoms with E-state index < -0.39 is 35.9 Å². The molecular formula is C10H12F6N2. The molecule has 2 nitrogen and oxygen atoms in total. The molecule has 0 aromatic rings. The molecule has 0 radical (unpaired) electrons. The second-order valence-corrected chi connectivity index (χ2v) is 5.25. The summed E-state index contributed by atoms with van der Waals surface area (Å²) in [5.41, 5.74) is -5.88. The third kappa shape index (κ3) is 1.85. The molecule has 1 fully saturated rings. The molecule has 1 saturated heterocycles. The first-order valence-corrected chi connectivity index (χ1v) is 5.09. The maximum atomic E-state index is 13.7. The van der Waals surface area contributed by atoms with Gasteiger partial charge in [0.2, 0.25) is 0 Å². The highest BCUT2D eigenvalue weighted by molar-refractivity contribution is 5.21. The van der Waals surface area contributed by atoms with Crippen molar-refractivity contribution in [3.05, 3.63) is 0 Å². The average Bonchev–Trinajstić information content (AvgIpc) is 2.33. The maximum absolute atomic E-state index is 13.7. The van der Waals surface area contributed by atoms with Crippen molar-refractivity contribution in [2.45, 2.75) is 50.1 Å². The Kier molecular flexibility index (Phi) is 3.15. The van der Waals surface area contributed by atoms with Gasteiger partial charge in [0.05, 0.1) is 6.07 Å². The molecule has 1 heterocycles. The summed E-state index contributed by atoms with van der Waals surface area (Å²) in [5.74, 6) is -4.80. The Morgan fingerprint density at radius 1 is 1.17 bits per heavy atom. The van der Waals surface area contributed by atoms with Crippen molar-refractivity contribution >= 4 is 0 Å². The van der Waals surface area contributed by atoms with Gasteiger partial charge < -0.3 is 0 Å². The van der Waals surface area contributed by atoms with Gasteiger partial charge in [-0.25, -0.2) is 4.39 Å². The molecule has 0 aliphatic carbocycles. The van der Waals surface area contributed by atoms with E-state index in [0.29, 0.717) is 4.90 Å². The quantitative estimate of drug-likeness (QED) is 0.635. The van der Waals surface area contributed by atoms with E-state index in [1.807, 2.05) is 0 Å². The van der Waals surface area contributed by atoms with E-state index in [9.17, 15) is 26.3 Å². The highest BCUT2D eigenvalue weighted by Crippen LogP contribution is 2.54. The van der Waals surface area contributed by atoms with Crippen LogP contribution in [0.1, 0.15) is 20.8 Å². The van der Waals surface area contributed by atoms with Crippen LogP contribution in [0.2, 0.25) is 0 Å².